The van der Waals surface area contributed by atoms with E-state index in [0.29, 0.717) is 29.6 Å². The number of nitrogens with zero attached hydrogens (tertiary/aromatic N) is 1. The van der Waals surface area contributed by atoms with Gasteiger partial charge >= 0.3 is 0 Å². The number of nitrogens with one attached hydrogen (secondary N) is 2. The number of carbonyl (C=O) groups is 2. The third-order valence-electron chi connectivity index (χ3n) is 3.18. The smallest absolute Gasteiger partial charge is 0.257 e. The maximum Gasteiger partial charge on any atom is 0.257 e. The van der Waals surface area contributed by atoms with Crippen molar-refractivity contribution in [3.05, 3.63) is 40.4 Å². The van der Waals surface area contributed by atoms with Crippen LogP contribution in [0, 0.1) is 0 Å². The maximum atomic E-state index is 12.2. The number of ether oxygens (including phenoxy) is 1. The SMILES string of the molecule is CC(=O)Nc1ccc(C(=O)Nc2nc3c(s2)COCC3)cc1. The lowest BCUT2D eigenvalue weighted by molar-refractivity contribution is -0.114. The first-order valence-corrected chi connectivity index (χ1v) is 7.69. The zero-order valence-corrected chi connectivity index (χ0v) is 12.8. The molecule has 3 rings (SSSR count). The van der Waals surface area contributed by atoms with Crippen molar-refractivity contribution in [1.82, 2.24) is 4.98 Å². The molecule has 2 amide bonds. The molecule has 0 fully saturated rings. The molecule has 2 heterocycles. The lowest BCUT2D eigenvalue weighted by atomic mass is 10.2. The van der Waals surface area contributed by atoms with Crippen molar-refractivity contribution in [2.24, 2.45) is 0 Å². The monoisotopic (exact) mass is 317 g/mol. The highest BCUT2D eigenvalue weighted by Gasteiger charge is 2.17. The topological polar surface area (TPSA) is 80.3 Å². The third kappa shape index (κ3) is 3.32. The molecule has 7 heteroatoms. The van der Waals surface area contributed by atoms with Crippen molar-refractivity contribution >= 4 is 34.0 Å². The number of benzene rings is 1. The Labute approximate surface area is 131 Å². The summed E-state index contributed by atoms with van der Waals surface area (Å²) < 4.78 is 5.37. The zero-order valence-electron chi connectivity index (χ0n) is 12.0. The number of hydrogen-bond acceptors (Lipinski definition) is 5. The summed E-state index contributed by atoms with van der Waals surface area (Å²) in [7, 11) is 0. The number of anilines is 2. The first-order valence-electron chi connectivity index (χ1n) is 6.87. The summed E-state index contributed by atoms with van der Waals surface area (Å²) in [6.07, 6.45) is 0.785. The number of fused-ring (bicyclic) bond motifs is 1. The van der Waals surface area contributed by atoms with Gasteiger partial charge in [0.15, 0.2) is 5.13 Å². The molecule has 1 aliphatic rings. The summed E-state index contributed by atoms with van der Waals surface area (Å²) in [5.41, 5.74) is 2.18. The molecular weight excluding hydrogens is 302 g/mol. The Balaban J connectivity index is 1.68. The zero-order chi connectivity index (χ0) is 15.5. The molecule has 2 N–H and O–H groups in total. The van der Waals surface area contributed by atoms with Gasteiger partial charge in [0.25, 0.3) is 5.91 Å². The number of carbonyl (C=O) groups excluding carboxylic acids is 2. The summed E-state index contributed by atoms with van der Waals surface area (Å²) in [5.74, 6) is -0.367. The summed E-state index contributed by atoms with van der Waals surface area (Å²) in [4.78, 5) is 28.7. The van der Waals surface area contributed by atoms with Gasteiger partial charge in [0.05, 0.1) is 23.8 Å². The minimum Gasteiger partial charge on any atom is -0.375 e. The van der Waals surface area contributed by atoms with Gasteiger partial charge in [-0.1, -0.05) is 11.3 Å². The summed E-state index contributed by atoms with van der Waals surface area (Å²) in [6, 6.07) is 6.71. The standard InChI is InChI=1S/C15H15N3O3S/c1-9(19)16-11-4-2-10(3-5-11)14(20)18-15-17-12-6-7-21-8-13(12)22-15/h2-5H,6-8H2,1H3,(H,16,19)(H,17,18,20). The number of hydrogen-bond donors (Lipinski definition) is 2. The van der Waals surface area contributed by atoms with E-state index in [1.165, 1.54) is 18.3 Å². The van der Waals surface area contributed by atoms with Crippen molar-refractivity contribution in [2.45, 2.75) is 20.0 Å². The normalized spacial score (nSPS) is 13.3. The van der Waals surface area contributed by atoms with E-state index in [0.717, 1.165) is 17.0 Å². The van der Waals surface area contributed by atoms with E-state index in [9.17, 15) is 9.59 Å². The molecule has 1 aliphatic heterocycles. The molecule has 114 valence electrons. The highest BCUT2D eigenvalue weighted by molar-refractivity contribution is 7.15. The van der Waals surface area contributed by atoms with Gasteiger partial charge in [-0.15, -0.1) is 0 Å². The van der Waals surface area contributed by atoms with Crippen LogP contribution in [0.1, 0.15) is 27.9 Å². The van der Waals surface area contributed by atoms with E-state index in [4.69, 9.17) is 4.74 Å². The van der Waals surface area contributed by atoms with E-state index >= 15 is 0 Å². The van der Waals surface area contributed by atoms with Crippen LogP contribution >= 0.6 is 11.3 Å². The van der Waals surface area contributed by atoms with Crippen LogP contribution in [0.2, 0.25) is 0 Å². The molecule has 0 saturated carbocycles. The molecule has 0 spiro atoms. The van der Waals surface area contributed by atoms with Gasteiger partial charge in [0.1, 0.15) is 0 Å². The minimum absolute atomic E-state index is 0.146. The van der Waals surface area contributed by atoms with Crippen LogP contribution in [0.5, 0.6) is 0 Å². The van der Waals surface area contributed by atoms with Crippen LogP contribution < -0.4 is 10.6 Å². The number of amides is 2. The van der Waals surface area contributed by atoms with Crippen LogP contribution in [0.15, 0.2) is 24.3 Å². The molecule has 0 unspecified atom stereocenters. The molecule has 1 aromatic heterocycles. The van der Waals surface area contributed by atoms with Gasteiger partial charge in [-0.2, -0.15) is 0 Å². The molecule has 0 bridgehead atoms. The van der Waals surface area contributed by atoms with Crippen LogP contribution in [0.4, 0.5) is 10.8 Å². The van der Waals surface area contributed by atoms with Gasteiger partial charge in [-0.25, -0.2) is 4.98 Å². The lowest BCUT2D eigenvalue weighted by Crippen LogP contribution is -2.12. The largest absolute Gasteiger partial charge is 0.375 e. The quantitative estimate of drug-likeness (QED) is 0.911. The minimum atomic E-state index is -0.221. The van der Waals surface area contributed by atoms with Crippen molar-refractivity contribution in [3.63, 3.8) is 0 Å². The molecule has 0 atom stereocenters. The predicted octanol–water partition coefficient (Wildman–Crippen LogP) is 2.43. The van der Waals surface area contributed by atoms with Gasteiger partial charge in [-0.3, -0.25) is 14.9 Å². The van der Waals surface area contributed by atoms with E-state index in [1.54, 1.807) is 24.3 Å². The Bertz CT molecular complexity index is 686. The first-order chi connectivity index (χ1) is 10.6. The highest BCUT2D eigenvalue weighted by atomic mass is 32.1. The van der Waals surface area contributed by atoms with Gasteiger partial charge < -0.3 is 10.1 Å². The molecular formula is C15H15N3O3S. The van der Waals surface area contributed by atoms with Crippen LogP contribution in [0.3, 0.4) is 0 Å². The number of aromatic nitrogens is 1. The first kappa shape index (κ1) is 14.7. The second-order valence-electron chi connectivity index (χ2n) is 4.90. The lowest BCUT2D eigenvalue weighted by Gasteiger charge is -2.08. The Hall–Kier alpha value is -2.25. The second-order valence-corrected chi connectivity index (χ2v) is 5.99. The van der Waals surface area contributed by atoms with Crippen LogP contribution in [-0.2, 0) is 22.6 Å². The molecule has 6 nitrogen and oxygen atoms in total. The highest BCUT2D eigenvalue weighted by Crippen LogP contribution is 2.27. The summed E-state index contributed by atoms with van der Waals surface area (Å²) in [5, 5.41) is 6.05. The molecule has 22 heavy (non-hydrogen) atoms. The van der Waals surface area contributed by atoms with Crippen molar-refractivity contribution in [3.8, 4) is 0 Å². The third-order valence-corrected chi connectivity index (χ3v) is 4.17. The maximum absolute atomic E-state index is 12.2. The Morgan fingerprint density at radius 1 is 1.23 bits per heavy atom. The fourth-order valence-corrected chi connectivity index (χ4v) is 3.10. The summed E-state index contributed by atoms with van der Waals surface area (Å²) in [6.45, 7) is 2.68. The van der Waals surface area contributed by atoms with Crippen molar-refractivity contribution < 1.29 is 14.3 Å². The summed E-state index contributed by atoms with van der Waals surface area (Å²) >= 11 is 1.44. The fourth-order valence-electron chi connectivity index (χ4n) is 2.16. The molecule has 1 aromatic carbocycles. The number of thiazole rings is 1. The second kappa shape index (κ2) is 6.25. The molecule has 0 aliphatic carbocycles. The Morgan fingerprint density at radius 2 is 2.00 bits per heavy atom. The van der Waals surface area contributed by atoms with Gasteiger partial charge in [0, 0.05) is 24.6 Å². The van der Waals surface area contributed by atoms with E-state index in [1.807, 2.05) is 0 Å². The fraction of sp³-hybridized carbons (Fsp3) is 0.267. The van der Waals surface area contributed by atoms with Gasteiger partial charge in [0.2, 0.25) is 5.91 Å². The Morgan fingerprint density at radius 3 is 2.68 bits per heavy atom. The average Bonchev–Trinajstić information content (AvgIpc) is 2.89. The van der Waals surface area contributed by atoms with Crippen LogP contribution in [0.25, 0.3) is 0 Å². The predicted molar refractivity (Wildman–Crippen MR) is 84.2 cm³/mol. The molecule has 0 saturated heterocycles. The van der Waals surface area contributed by atoms with E-state index in [2.05, 4.69) is 15.6 Å². The number of rotatable bonds is 3. The molecule has 0 radical (unpaired) electrons. The average molecular weight is 317 g/mol. The van der Waals surface area contributed by atoms with E-state index < -0.39 is 0 Å². The van der Waals surface area contributed by atoms with Gasteiger partial charge in [-0.05, 0) is 24.3 Å². The van der Waals surface area contributed by atoms with Crippen LogP contribution in [-0.4, -0.2) is 23.4 Å². The van der Waals surface area contributed by atoms with E-state index in [-0.39, 0.29) is 11.8 Å². The van der Waals surface area contributed by atoms with Crippen molar-refractivity contribution in [2.75, 3.05) is 17.2 Å². The Kier molecular flexibility index (Phi) is 4.17. The van der Waals surface area contributed by atoms with Crippen molar-refractivity contribution in [1.29, 1.82) is 0 Å². The molecule has 2 aromatic rings.